The molecule has 0 N–H and O–H groups in total. The second-order valence-electron chi connectivity index (χ2n) is 5.63. The lowest BCUT2D eigenvalue weighted by Gasteiger charge is -2.27. The van der Waals surface area contributed by atoms with E-state index >= 15 is 0 Å². The lowest BCUT2D eigenvalue weighted by molar-refractivity contribution is -0.117. The molecule has 0 aliphatic carbocycles. The van der Waals surface area contributed by atoms with Gasteiger partial charge in [-0.3, -0.25) is 0 Å². The molecule has 1 rings (SSSR count). The number of hydrogen-bond donors (Lipinski definition) is 0. The van der Waals surface area contributed by atoms with Gasteiger partial charge in [0.2, 0.25) is 0 Å². The molecule has 0 spiro atoms. The van der Waals surface area contributed by atoms with Crippen molar-refractivity contribution < 1.29 is 9.53 Å². The maximum absolute atomic E-state index is 10.9. The fraction of sp³-hybridized carbons (Fsp3) is 0.750. The van der Waals surface area contributed by atoms with Gasteiger partial charge in [-0.05, 0) is 38.5 Å². The van der Waals surface area contributed by atoms with Gasteiger partial charge in [0.05, 0.1) is 18.3 Å². The maximum Gasteiger partial charge on any atom is 0.129 e. The Morgan fingerprint density at radius 1 is 1.42 bits per heavy atom. The number of allylic oxidation sites excluding steroid dienone is 1. The summed E-state index contributed by atoms with van der Waals surface area (Å²) in [6.07, 6.45) is 4.80. The number of unbranched alkanes of at least 4 members (excludes halogenated alkanes) is 1. The number of ether oxygens (including phenoxy) is 1. The van der Waals surface area contributed by atoms with Crippen LogP contribution in [0, 0.1) is 5.92 Å². The summed E-state index contributed by atoms with van der Waals surface area (Å²) in [6.45, 7) is 9.59. The maximum atomic E-state index is 10.9. The summed E-state index contributed by atoms with van der Waals surface area (Å²) in [5.41, 5.74) is 4.28. The average molecular weight is 265 g/mol. The molecule has 0 bridgehead atoms. The summed E-state index contributed by atoms with van der Waals surface area (Å²) in [4.78, 5) is 13.3. The molecule has 2 atom stereocenters. The number of methoxy groups -OCH3 is 1. The van der Waals surface area contributed by atoms with E-state index in [4.69, 9.17) is 4.74 Å². The largest absolute Gasteiger partial charge is 0.383 e. The van der Waals surface area contributed by atoms with Crippen LogP contribution in [0.2, 0.25) is 0 Å². The van der Waals surface area contributed by atoms with E-state index < -0.39 is 0 Å². The highest BCUT2D eigenvalue weighted by Gasteiger charge is 2.30. The zero-order chi connectivity index (χ0) is 14.3. The van der Waals surface area contributed by atoms with Crippen molar-refractivity contribution in [3.8, 4) is 0 Å². The summed E-state index contributed by atoms with van der Waals surface area (Å²) in [5, 5.41) is 0. The highest BCUT2D eigenvalue weighted by Crippen LogP contribution is 2.28. The van der Waals surface area contributed by atoms with Crippen LogP contribution in [-0.4, -0.2) is 37.0 Å². The van der Waals surface area contributed by atoms with Crippen molar-refractivity contribution in [2.45, 2.75) is 52.0 Å². The topological polar surface area (TPSA) is 29.5 Å². The lowest BCUT2D eigenvalue weighted by Crippen LogP contribution is -2.32. The van der Waals surface area contributed by atoms with Crippen LogP contribution < -0.4 is 0 Å². The van der Waals surface area contributed by atoms with E-state index in [2.05, 4.69) is 24.1 Å². The molecule has 0 aromatic rings. The molecule has 1 unspecified atom stereocenters. The number of carbonyl (C=O) groups excluding carboxylic acids is 1. The zero-order valence-corrected chi connectivity index (χ0v) is 12.6. The summed E-state index contributed by atoms with van der Waals surface area (Å²) in [5.74, 6) is 0.969. The SMILES string of the molecule is C=C=C(CCCCC(C)=O)N1CC(C)C[C@H]1COC. The molecule has 1 heterocycles. The predicted octanol–water partition coefficient (Wildman–Crippen LogP) is 3.16. The number of Topliss-reactive ketones (excluding diaryl/α,β-unsaturated/α-hetero) is 1. The number of carbonyl (C=O) groups is 1. The fourth-order valence-electron chi connectivity index (χ4n) is 2.83. The lowest BCUT2D eigenvalue weighted by atomic mass is 10.1. The summed E-state index contributed by atoms with van der Waals surface area (Å²) < 4.78 is 5.31. The molecule has 19 heavy (non-hydrogen) atoms. The normalized spacial score (nSPS) is 22.4. The van der Waals surface area contributed by atoms with E-state index in [0.29, 0.717) is 18.4 Å². The molecule has 1 saturated heterocycles. The van der Waals surface area contributed by atoms with E-state index in [1.54, 1.807) is 14.0 Å². The van der Waals surface area contributed by atoms with Crippen LogP contribution in [0.5, 0.6) is 0 Å². The molecule has 0 aromatic carbocycles. The molecule has 3 heteroatoms. The van der Waals surface area contributed by atoms with Gasteiger partial charge < -0.3 is 14.4 Å². The molecule has 0 amide bonds. The van der Waals surface area contributed by atoms with Gasteiger partial charge in [-0.2, -0.15) is 0 Å². The monoisotopic (exact) mass is 265 g/mol. The second kappa shape index (κ2) is 8.19. The molecule has 0 aromatic heterocycles. The Kier molecular flexibility index (Phi) is 6.90. The quantitative estimate of drug-likeness (QED) is 0.499. The van der Waals surface area contributed by atoms with Crippen LogP contribution in [0.3, 0.4) is 0 Å². The minimum Gasteiger partial charge on any atom is -0.383 e. The third-order valence-corrected chi connectivity index (χ3v) is 3.73. The van der Waals surface area contributed by atoms with Crippen molar-refractivity contribution in [2.24, 2.45) is 5.92 Å². The van der Waals surface area contributed by atoms with Crippen molar-refractivity contribution in [1.29, 1.82) is 0 Å². The summed E-state index contributed by atoms with van der Waals surface area (Å²) >= 11 is 0. The smallest absolute Gasteiger partial charge is 0.129 e. The standard InChI is InChI=1S/C16H27NO2/c1-5-15(9-7-6-8-14(3)18)17-11-13(2)10-16(17)12-19-4/h13,16H,1,6-12H2,2-4H3/t13?,16-/m0/s1. The van der Waals surface area contributed by atoms with Gasteiger partial charge in [-0.15, -0.1) is 5.73 Å². The average Bonchev–Trinajstić information content (AvgIpc) is 2.71. The first-order chi connectivity index (χ1) is 9.08. The molecular formula is C16H27NO2. The van der Waals surface area contributed by atoms with Crippen molar-refractivity contribution >= 4 is 5.78 Å². The Balaban J connectivity index is 2.49. The number of likely N-dealkylation sites (tertiary alicyclic amines) is 1. The van der Waals surface area contributed by atoms with Gasteiger partial charge in [0.25, 0.3) is 0 Å². The first-order valence-electron chi connectivity index (χ1n) is 7.22. The third-order valence-electron chi connectivity index (χ3n) is 3.73. The van der Waals surface area contributed by atoms with Gasteiger partial charge in [-0.25, -0.2) is 0 Å². The van der Waals surface area contributed by atoms with E-state index in [1.165, 1.54) is 12.1 Å². The van der Waals surface area contributed by atoms with Crippen molar-refractivity contribution in [2.75, 3.05) is 20.3 Å². The second-order valence-corrected chi connectivity index (χ2v) is 5.63. The highest BCUT2D eigenvalue weighted by molar-refractivity contribution is 5.75. The Morgan fingerprint density at radius 3 is 2.68 bits per heavy atom. The number of nitrogens with zero attached hydrogens (tertiary/aromatic N) is 1. The fourth-order valence-corrected chi connectivity index (χ4v) is 2.83. The van der Waals surface area contributed by atoms with Crippen LogP contribution >= 0.6 is 0 Å². The van der Waals surface area contributed by atoms with Crippen LogP contribution in [-0.2, 0) is 9.53 Å². The number of hydrogen-bond acceptors (Lipinski definition) is 3. The molecular weight excluding hydrogens is 238 g/mol. The van der Waals surface area contributed by atoms with Crippen molar-refractivity contribution in [1.82, 2.24) is 4.90 Å². The van der Waals surface area contributed by atoms with Gasteiger partial charge >= 0.3 is 0 Å². The minimum atomic E-state index is 0.274. The molecule has 0 radical (unpaired) electrons. The molecule has 1 aliphatic rings. The van der Waals surface area contributed by atoms with Crippen molar-refractivity contribution in [3.63, 3.8) is 0 Å². The zero-order valence-electron chi connectivity index (χ0n) is 12.6. The molecule has 0 saturated carbocycles. The summed E-state index contributed by atoms with van der Waals surface area (Å²) in [7, 11) is 1.76. The number of rotatable bonds is 8. The van der Waals surface area contributed by atoms with Crippen LogP contribution in [0.1, 0.15) is 46.0 Å². The van der Waals surface area contributed by atoms with Crippen LogP contribution in [0.15, 0.2) is 18.0 Å². The summed E-state index contributed by atoms with van der Waals surface area (Å²) in [6, 6.07) is 0.456. The highest BCUT2D eigenvalue weighted by atomic mass is 16.5. The first-order valence-corrected chi connectivity index (χ1v) is 7.22. The Labute approximate surface area is 117 Å². The number of ketones is 1. The first kappa shape index (κ1) is 16.0. The minimum absolute atomic E-state index is 0.274. The van der Waals surface area contributed by atoms with Crippen molar-refractivity contribution in [3.05, 3.63) is 18.0 Å². The Morgan fingerprint density at radius 2 is 2.11 bits per heavy atom. The molecule has 108 valence electrons. The Hall–Kier alpha value is -1.05. The molecule has 1 aliphatic heterocycles. The van der Waals surface area contributed by atoms with Gasteiger partial charge in [0, 0.05) is 20.1 Å². The van der Waals surface area contributed by atoms with E-state index in [1.807, 2.05) is 0 Å². The molecule has 1 fully saturated rings. The van der Waals surface area contributed by atoms with E-state index in [9.17, 15) is 4.79 Å². The molecule has 3 nitrogen and oxygen atoms in total. The van der Waals surface area contributed by atoms with Gasteiger partial charge in [0.15, 0.2) is 0 Å². The predicted molar refractivity (Wildman–Crippen MR) is 78.0 cm³/mol. The van der Waals surface area contributed by atoms with Gasteiger partial charge in [-0.1, -0.05) is 13.5 Å². The van der Waals surface area contributed by atoms with E-state index in [-0.39, 0.29) is 5.78 Å². The third kappa shape index (κ3) is 5.22. The van der Waals surface area contributed by atoms with Crippen LogP contribution in [0.4, 0.5) is 0 Å². The van der Waals surface area contributed by atoms with Crippen LogP contribution in [0.25, 0.3) is 0 Å². The van der Waals surface area contributed by atoms with E-state index in [0.717, 1.165) is 32.4 Å². The Bertz CT molecular complexity index is 345. The van der Waals surface area contributed by atoms with Gasteiger partial charge in [0.1, 0.15) is 5.78 Å².